The number of carbonyl (C=O) groups is 3. The van der Waals surface area contributed by atoms with Crippen LogP contribution in [0.25, 0.3) is 5.76 Å². The first kappa shape index (κ1) is 28.6. The highest BCUT2D eigenvalue weighted by Crippen LogP contribution is 2.53. The van der Waals surface area contributed by atoms with Crippen molar-refractivity contribution in [1.29, 1.82) is 0 Å². The molecule has 2 fully saturated rings. The number of ketones is 2. The van der Waals surface area contributed by atoms with Crippen molar-refractivity contribution >= 4 is 34.8 Å². The number of phenolic OH excluding ortho intramolecular Hbond substituents is 1. The molecule has 0 aromatic heterocycles. The average Bonchev–Trinajstić information content (AvgIpc) is 3.67. The van der Waals surface area contributed by atoms with Crippen LogP contribution < -0.4 is 5.73 Å². The van der Waals surface area contributed by atoms with Gasteiger partial charge in [0.15, 0.2) is 11.4 Å². The fourth-order valence-electron chi connectivity index (χ4n) is 6.77. The average molecular weight is 574 g/mol. The van der Waals surface area contributed by atoms with E-state index in [1.807, 2.05) is 0 Å². The molecule has 0 heterocycles. The first-order chi connectivity index (χ1) is 18.7. The number of Topliss-reactive ketones (excluding diaryl/α,β-unsaturated/α-hetero) is 2. The van der Waals surface area contributed by atoms with Gasteiger partial charge in [0, 0.05) is 35.6 Å². The standard InChI is InChI=1S/C29H36ClN3O7/c1-12(2)33(10-13-5-6-13)11-15-9-18(34)20-16(22(15)30)7-14-8-17-23(32(3)4)25(36)21(28(31)39)27(38)29(17,40)26(37)19(14)24(20)35/h9,12-14,17,23,34-35,38,40H,5-8,10-11H2,1-4H3,(H2,31,39)/t14-,17-,23-,29-/m0/s1. The van der Waals surface area contributed by atoms with Crippen LogP contribution in [0.5, 0.6) is 5.75 Å². The van der Waals surface area contributed by atoms with Crippen LogP contribution in [0.4, 0.5) is 0 Å². The second kappa shape index (κ2) is 9.87. The van der Waals surface area contributed by atoms with Crippen LogP contribution in [0.15, 0.2) is 23.0 Å². The molecule has 0 saturated heterocycles. The number of hydrogen-bond donors (Lipinski definition) is 5. The number of benzene rings is 1. The lowest BCUT2D eigenvalue weighted by Gasteiger charge is -2.50. The molecule has 11 heteroatoms. The summed E-state index contributed by atoms with van der Waals surface area (Å²) < 4.78 is 0. The van der Waals surface area contributed by atoms with Gasteiger partial charge in [-0.3, -0.25) is 24.2 Å². The van der Waals surface area contributed by atoms with Crippen molar-refractivity contribution in [3.05, 3.63) is 44.7 Å². The Morgan fingerprint density at radius 3 is 2.40 bits per heavy atom. The number of fused-ring (bicyclic) bond motifs is 3. The molecule has 6 N–H and O–H groups in total. The molecule has 216 valence electrons. The first-order valence-corrected chi connectivity index (χ1v) is 14.0. The summed E-state index contributed by atoms with van der Waals surface area (Å²) in [6.45, 7) is 5.63. The number of hydrogen-bond acceptors (Lipinski definition) is 9. The summed E-state index contributed by atoms with van der Waals surface area (Å²) in [5, 5.41) is 45.4. The number of nitrogens with zero attached hydrogens (tertiary/aromatic N) is 2. The Labute approximate surface area is 237 Å². The molecule has 0 unspecified atom stereocenters. The molecule has 0 aliphatic heterocycles. The number of carbonyl (C=O) groups excluding carboxylic acids is 3. The Hall–Kier alpha value is -2.92. The van der Waals surface area contributed by atoms with Gasteiger partial charge in [-0.15, -0.1) is 0 Å². The molecule has 0 bridgehead atoms. The lowest BCUT2D eigenvalue weighted by Crippen LogP contribution is -2.65. The fraction of sp³-hybridized carbons (Fsp3) is 0.552. The van der Waals surface area contributed by atoms with Crippen molar-refractivity contribution in [2.75, 3.05) is 20.6 Å². The van der Waals surface area contributed by atoms with E-state index in [0.29, 0.717) is 28.6 Å². The van der Waals surface area contributed by atoms with E-state index in [4.69, 9.17) is 17.3 Å². The Morgan fingerprint density at radius 1 is 1.20 bits per heavy atom. The minimum Gasteiger partial charge on any atom is -0.508 e. The highest BCUT2D eigenvalue weighted by Gasteiger charge is 2.64. The van der Waals surface area contributed by atoms with E-state index in [2.05, 4.69) is 18.7 Å². The number of aliphatic hydroxyl groups excluding tert-OH is 2. The van der Waals surface area contributed by atoms with Crippen molar-refractivity contribution in [2.24, 2.45) is 23.5 Å². The predicted octanol–water partition coefficient (Wildman–Crippen LogP) is 2.24. The number of amides is 1. The van der Waals surface area contributed by atoms with E-state index in [9.17, 15) is 34.8 Å². The topological polar surface area (TPSA) is 165 Å². The van der Waals surface area contributed by atoms with Gasteiger partial charge in [0.2, 0.25) is 5.78 Å². The van der Waals surface area contributed by atoms with Gasteiger partial charge in [-0.1, -0.05) is 11.6 Å². The highest BCUT2D eigenvalue weighted by atomic mass is 35.5. The molecule has 4 atom stereocenters. The zero-order valence-electron chi connectivity index (χ0n) is 23.1. The minimum absolute atomic E-state index is 0.00308. The largest absolute Gasteiger partial charge is 0.508 e. The molecule has 10 nitrogen and oxygen atoms in total. The summed E-state index contributed by atoms with van der Waals surface area (Å²) in [6, 6.07) is 0.617. The Bertz CT molecular complexity index is 1380. The zero-order chi connectivity index (χ0) is 29.4. The predicted molar refractivity (Wildman–Crippen MR) is 148 cm³/mol. The third-order valence-electron chi connectivity index (χ3n) is 9.02. The molecule has 0 spiro atoms. The normalized spacial score (nSPS) is 28.4. The molecular formula is C29H36ClN3O7. The summed E-state index contributed by atoms with van der Waals surface area (Å²) in [5.74, 6) is -6.13. The summed E-state index contributed by atoms with van der Waals surface area (Å²) in [6.07, 6.45) is 2.57. The van der Waals surface area contributed by atoms with Crippen molar-refractivity contribution < 1.29 is 34.8 Å². The van der Waals surface area contributed by atoms with E-state index < -0.39 is 58.0 Å². The molecule has 4 aliphatic carbocycles. The number of nitrogens with two attached hydrogens (primary N) is 1. The van der Waals surface area contributed by atoms with Gasteiger partial charge in [0.25, 0.3) is 5.91 Å². The maximum absolute atomic E-state index is 13.9. The SMILES string of the molecule is CC(C)N(Cc1cc(O)c2c(c1Cl)C[C@H]1C[C@H]3[C@H](N(C)C)C(=O)C(C(N)=O)=C(O)[C@@]3(O)C(=O)C1=C2O)CC1CC1. The maximum Gasteiger partial charge on any atom is 0.255 e. The number of aromatic hydroxyl groups is 1. The lowest BCUT2D eigenvalue weighted by atomic mass is 9.57. The number of rotatable bonds is 7. The van der Waals surface area contributed by atoms with E-state index in [1.54, 1.807) is 14.1 Å². The number of likely N-dealkylation sites (N-methyl/N-ethyl adjacent to an activating group) is 1. The van der Waals surface area contributed by atoms with E-state index >= 15 is 0 Å². The molecular weight excluding hydrogens is 538 g/mol. The zero-order valence-corrected chi connectivity index (χ0v) is 23.8. The fourth-order valence-corrected chi connectivity index (χ4v) is 7.06. The van der Waals surface area contributed by atoms with Crippen LogP contribution in [-0.2, 0) is 27.3 Å². The summed E-state index contributed by atoms with van der Waals surface area (Å²) >= 11 is 6.91. The van der Waals surface area contributed by atoms with Gasteiger partial charge in [-0.2, -0.15) is 0 Å². The summed E-state index contributed by atoms with van der Waals surface area (Å²) in [5.41, 5.74) is 2.86. The van der Waals surface area contributed by atoms with Crippen LogP contribution in [0, 0.1) is 17.8 Å². The molecule has 2 saturated carbocycles. The molecule has 1 amide bonds. The monoisotopic (exact) mass is 573 g/mol. The van der Waals surface area contributed by atoms with Gasteiger partial charge in [0.05, 0.1) is 11.6 Å². The maximum atomic E-state index is 13.9. The second-order valence-electron chi connectivity index (χ2n) is 12.2. The molecule has 1 aromatic rings. The van der Waals surface area contributed by atoms with E-state index in [-0.39, 0.29) is 35.8 Å². The lowest BCUT2D eigenvalue weighted by molar-refractivity contribution is -0.153. The molecule has 40 heavy (non-hydrogen) atoms. The summed E-state index contributed by atoms with van der Waals surface area (Å²) in [4.78, 5) is 43.0. The van der Waals surface area contributed by atoms with Crippen molar-refractivity contribution in [1.82, 2.24) is 9.80 Å². The third kappa shape index (κ3) is 4.24. The Morgan fingerprint density at radius 2 is 1.85 bits per heavy atom. The van der Waals surface area contributed by atoms with Crippen molar-refractivity contribution in [3.8, 4) is 5.75 Å². The highest BCUT2D eigenvalue weighted by molar-refractivity contribution is 6.32. The number of halogens is 1. The van der Waals surface area contributed by atoms with E-state index in [0.717, 1.165) is 6.54 Å². The van der Waals surface area contributed by atoms with Crippen LogP contribution in [0.2, 0.25) is 5.02 Å². The quantitative estimate of drug-likeness (QED) is 0.308. The van der Waals surface area contributed by atoms with Gasteiger partial charge in [-0.05, 0) is 82.7 Å². The van der Waals surface area contributed by atoms with Crippen LogP contribution in [0.3, 0.4) is 0 Å². The molecule has 4 aliphatic rings. The van der Waals surface area contributed by atoms with Crippen molar-refractivity contribution in [2.45, 2.75) is 63.8 Å². The number of aliphatic hydroxyl groups is 3. The van der Waals surface area contributed by atoms with Gasteiger partial charge in [-0.25, -0.2) is 0 Å². The number of primary amides is 1. The third-order valence-corrected chi connectivity index (χ3v) is 9.49. The molecule has 1 aromatic carbocycles. The van der Waals surface area contributed by atoms with Crippen LogP contribution >= 0.6 is 11.6 Å². The van der Waals surface area contributed by atoms with Gasteiger partial charge >= 0.3 is 0 Å². The van der Waals surface area contributed by atoms with Gasteiger partial charge < -0.3 is 26.2 Å². The molecule has 0 radical (unpaired) electrons. The Kier molecular flexibility index (Phi) is 7.06. The van der Waals surface area contributed by atoms with Gasteiger partial charge in [0.1, 0.15) is 22.8 Å². The van der Waals surface area contributed by atoms with Crippen LogP contribution in [-0.4, -0.2) is 86.0 Å². The minimum atomic E-state index is -2.66. The van der Waals surface area contributed by atoms with E-state index in [1.165, 1.54) is 23.8 Å². The molecule has 5 rings (SSSR count). The Balaban J connectivity index is 1.62. The van der Waals surface area contributed by atoms with Crippen LogP contribution in [0.1, 0.15) is 49.8 Å². The number of phenols is 1. The van der Waals surface area contributed by atoms with Crippen molar-refractivity contribution in [3.63, 3.8) is 0 Å². The summed E-state index contributed by atoms with van der Waals surface area (Å²) in [7, 11) is 3.13. The second-order valence-corrected chi connectivity index (χ2v) is 12.5. The first-order valence-electron chi connectivity index (χ1n) is 13.6. The smallest absolute Gasteiger partial charge is 0.255 e.